The second-order valence-corrected chi connectivity index (χ2v) is 6.06. The van der Waals surface area contributed by atoms with Crippen LogP contribution in [0.4, 0.5) is 4.39 Å². The maximum Gasteiger partial charge on any atom is 0.251 e. The number of rotatable bonds is 5. The summed E-state index contributed by atoms with van der Waals surface area (Å²) in [7, 11) is 0. The molecular formula is C17H23FN2O3. The van der Waals surface area contributed by atoms with Crippen molar-refractivity contribution in [2.24, 2.45) is 5.92 Å². The third-order valence-corrected chi connectivity index (χ3v) is 4.60. The van der Waals surface area contributed by atoms with E-state index in [0.717, 1.165) is 45.9 Å². The maximum atomic E-state index is 12.9. The van der Waals surface area contributed by atoms with Gasteiger partial charge in [-0.3, -0.25) is 9.69 Å². The molecule has 23 heavy (non-hydrogen) atoms. The summed E-state index contributed by atoms with van der Waals surface area (Å²) >= 11 is 0. The standard InChI is InChI=1S/C17H23FN2O3/c18-15-3-1-13(2-4-15)17(21)19-11-16(14-5-8-23-12-14)20-6-9-22-10-7-20/h1-4,14,16H,5-12H2,(H,19,21). The number of hydrogen-bond acceptors (Lipinski definition) is 4. The predicted octanol–water partition coefficient (Wildman–Crippen LogP) is 1.29. The summed E-state index contributed by atoms with van der Waals surface area (Å²) in [5.74, 6) is -0.0698. The molecule has 0 saturated carbocycles. The summed E-state index contributed by atoms with van der Waals surface area (Å²) in [6.07, 6.45) is 1.02. The highest BCUT2D eigenvalue weighted by atomic mass is 19.1. The molecule has 2 fully saturated rings. The van der Waals surface area contributed by atoms with Crippen molar-refractivity contribution in [1.82, 2.24) is 10.2 Å². The Bertz CT molecular complexity index is 511. The van der Waals surface area contributed by atoms with Gasteiger partial charge in [0.15, 0.2) is 0 Å². The van der Waals surface area contributed by atoms with Gasteiger partial charge < -0.3 is 14.8 Å². The van der Waals surface area contributed by atoms with Gasteiger partial charge in [0.1, 0.15) is 5.82 Å². The fraction of sp³-hybridized carbons (Fsp3) is 0.588. The SMILES string of the molecule is O=C(NCC(C1CCOC1)N1CCOCC1)c1ccc(F)cc1. The van der Waals surface area contributed by atoms with Crippen LogP contribution in [0.15, 0.2) is 24.3 Å². The monoisotopic (exact) mass is 322 g/mol. The van der Waals surface area contributed by atoms with Gasteiger partial charge >= 0.3 is 0 Å². The van der Waals surface area contributed by atoms with E-state index >= 15 is 0 Å². The number of nitrogens with zero attached hydrogens (tertiary/aromatic N) is 1. The van der Waals surface area contributed by atoms with Crippen LogP contribution >= 0.6 is 0 Å². The summed E-state index contributed by atoms with van der Waals surface area (Å²) in [4.78, 5) is 14.6. The van der Waals surface area contributed by atoms with Crippen molar-refractivity contribution >= 4 is 5.91 Å². The van der Waals surface area contributed by atoms with Gasteiger partial charge in [-0.05, 0) is 30.7 Å². The molecule has 1 aromatic carbocycles. The van der Waals surface area contributed by atoms with E-state index < -0.39 is 0 Å². The Kier molecular flexibility index (Phi) is 5.59. The second-order valence-electron chi connectivity index (χ2n) is 6.06. The van der Waals surface area contributed by atoms with Gasteiger partial charge in [-0.2, -0.15) is 0 Å². The highest BCUT2D eigenvalue weighted by Gasteiger charge is 2.31. The first kappa shape index (κ1) is 16.4. The second kappa shape index (κ2) is 7.86. The van der Waals surface area contributed by atoms with E-state index in [0.29, 0.717) is 18.0 Å². The number of halogens is 1. The van der Waals surface area contributed by atoms with Crippen molar-refractivity contribution in [3.05, 3.63) is 35.6 Å². The van der Waals surface area contributed by atoms with Gasteiger partial charge in [-0.1, -0.05) is 0 Å². The molecule has 2 saturated heterocycles. The summed E-state index contributed by atoms with van der Waals surface area (Å²) in [6, 6.07) is 5.88. The molecule has 0 bridgehead atoms. The van der Waals surface area contributed by atoms with Crippen LogP contribution in [0.2, 0.25) is 0 Å². The number of carbonyl (C=O) groups excluding carboxylic acids is 1. The lowest BCUT2D eigenvalue weighted by molar-refractivity contribution is 0.00166. The minimum atomic E-state index is -0.337. The van der Waals surface area contributed by atoms with Gasteiger partial charge in [0.25, 0.3) is 5.91 Å². The average Bonchev–Trinajstić information content (AvgIpc) is 3.11. The maximum absolute atomic E-state index is 12.9. The highest BCUT2D eigenvalue weighted by molar-refractivity contribution is 5.94. The lowest BCUT2D eigenvalue weighted by Gasteiger charge is -2.37. The van der Waals surface area contributed by atoms with Crippen LogP contribution in [-0.4, -0.2) is 62.9 Å². The van der Waals surface area contributed by atoms with E-state index in [-0.39, 0.29) is 17.8 Å². The van der Waals surface area contributed by atoms with Crippen molar-refractivity contribution < 1.29 is 18.7 Å². The lowest BCUT2D eigenvalue weighted by Crippen LogP contribution is -2.52. The fourth-order valence-corrected chi connectivity index (χ4v) is 3.26. The molecule has 6 heteroatoms. The Morgan fingerprint density at radius 3 is 2.61 bits per heavy atom. The molecule has 1 aromatic rings. The van der Waals surface area contributed by atoms with E-state index in [1.807, 2.05) is 0 Å². The first-order chi connectivity index (χ1) is 11.2. The van der Waals surface area contributed by atoms with Crippen LogP contribution in [-0.2, 0) is 9.47 Å². The quantitative estimate of drug-likeness (QED) is 0.888. The zero-order valence-corrected chi connectivity index (χ0v) is 13.2. The smallest absolute Gasteiger partial charge is 0.251 e. The first-order valence-corrected chi connectivity index (χ1v) is 8.17. The molecule has 2 aliphatic rings. The summed E-state index contributed by atoms with van der Waals surface area (Å²) in [5.41, 5.74) is 0.481. The Balaban J connectivity index is 1.61. The van der Waals surface area contributed by atoms with Gasteiger partial charge in [-0.25, -0.2) is 4.39 Å². The summed E-state index contributed by atoms with van der Waals surface area (Å²) < 4.78 is 23.9. The number of morpholine rings is 1. The zero-order valence-electron chi connectivity index (χ0n) is 13.2. The number of hydrogen-bond donors (Lipinski definition) is 1. The molecule has 0 radical (unpaired) electrons. The molecule has 5 nitrogen and oxygen atoms in total. The van der Waals surface area contributed by atoms with Crippen LogP contribution in [0.25, 0.3) is 0 Å². The van der Waals surface area contributed by atoms with Crippen molar-refractivity contribution in [2.45, 2.75) is 12.5 Å². The molecule has 2 unspecified atom stereocenters. The molecule has 3 rings (SSSR count). The minimum absolute atomic E-state index is 0.165. The minimum Gasteiger partial charge on any atom is -0.381 e. The Morgan fingerprint density at radius 1 is 1.22 bits per heavy atom. The van der Waals surface area contributed by atoms with Crippen LogP contribution < -0.4 is 5.32 Å². The zero-order chi connectivity index (χ0) is 16.1. The lowest BCUT2D eigenvalue weighted by atomic mass is 9.96. The Morgan fingerprint density at radius 2 is 1.96 bits per heavy atom. The number of nitrogens with one attached hydrogen (secondary N) is 1. The normalized spacial score (nSPS) is 23.6. The van der Waals surface area contributed by atoms with E-state index in [4.69, 9.17) is 9.47 Å². The van der Waals surface area contributed by atoms with Crippen molar-refractivity contribution in [1.29, 1.82) is 0 Å². The molecule has 0 spiro atoms. The van der Waals surface area contributed by atoms with Gasteiger partial charge in [0.05, 0.1) is 19.8 Å². The number of amides is 1. The molecule has 1 N–H and O–H groups in total. The first-order valence-electron chi connectivity index (χ1n) is 8.17. The topological polar surface area (TPSA) is 50.8 Å². The molecule has 126 valence electrons. The molecule has 2 heterocycles. The van der Waals surface area contributed by atoms with Crippen molar-refractivity contribution in [3.8, 4) is 0 Å². The molecular weight excluding hydrogens is 299 g/mol. The van der Waals surface area contributed by atoms with Crippen molar-refractivity contribution in [2.75, 3.05) is 46.1 Å². The predicted molar refractivity (Wildman–Crippen MR) is 83.8 cm³/mol. The van der Waals surface area contributed by atoms with Gasteiger partial charge in [0.2, 0.25) is 0 Å². The highest BCUT2D eigenvalue weighted by Crippen LogP contribution is 2.22. The molecule has 0 aliphatic carbocycles. The summed E-state index contributed by atoms with van der Waals surface area (Å²) in [6.45, 7) is 5.34. The van der Waals surface area contributed by atoms with E-state index in [1.54, 1.807) is 0 Å². The number of benzene rings is 1. The van der Waals surface area contributed by atoms with Gasteiger partial charge in [0, 0.05) is 43.8 Å². The van der Waals surface area contributed by atoms with Crippen LogP contribution in [0.5, 0.6) is 0 Å². The third-order valence-electron chi connectivity index (χ3n) is 4.60. The largest absolute Gasteiger partial charge is 0.381 e. The van der Waals surface area contributed by atoms with E-state index in [2.05, 4.69) is 10.2 Å². The summed E-state index contributed by atoms with van der Waals surface area (Å²) in [5, 5.41) is 2.99. The molecule has 0 aromatic heterocycles. The Labute approximate surface area is 135 Å². The van der Waals surface area contributed by atoms with Crippen molar-refractivity contribution in [3.63, 3.8) is 0 Å². The van der Waals surface area contributed by atoms with Crippen LogP contribution in [0.3, 0.4) is 0 Å². The molecule has 2 aliphatic heterocycles. The van der Waals surface area contributed by atoms with Crippen LogP contribution in [0.1, 0.15) is 16.8 Å². The van der Waals surface area contributed by atoms with Gasteiger partial charge in [-0.15, -0.1) is 0 Å². The third kappa shape index (κ3) is 4.28. The average molecular weight is 322 g/mol. The molecule has 1 amide bonds. The number of carbonyl (C=O) groups is 1. The van der Waals surface area contributed by atoms with Crippen LogP contribution in [0, 0.1) is 11.7 Å². The molecule has 2 atom stereocenters. The fourth-order valence-electron chi connectivity index (χ4n) is 3.26. The van der Waals surface area contributed by atoms with E-state index in [9.17, 15) is 9.18 Å². The van der Waals surface area contributed by atoms with E-state index in [1.165, 1.54) is 24.3 Å². The number of ether oxygens (including phenoxy) is 2. The Hall–Kier alpha value is -1.50.